The van der Waals surface area contributed by atoms with Gasteiger partial charge in [0.1, 0.15) is 0 Å². The second kappa shape index (κ2) is 36.0. The van der Waals surface area contributed by atoms with Crippen molar-refractivity contribution in [1.82, 2.24) is 0 Å². The third-order valence-corrected chi connectivity index (χ3v) is 8.16. The maximum absolute atomic E-state index is 11.4. The van der Waals surface area contributed by atoms with Crippen LogP contribution in [0, 0.1) is 5.92 Å². The molecule has 0 aliphatic carbocycles. The minimum absolute atomic E-state index is 0.0934. The van der Waals surface area contributed by atoms with Crippen LogP contribution in [0.2, 0.25) is 0 Å². The van der Waals surface area contributed by atoms with Crippen molar-refractivity contribution in [1.29, 1.82) is 0 Å². The first kappa shape index (κ1) is 41.1. The van der Waals surface area contributed by atoms with Crippen molar-refractivity contribution in [3.8, 4) is 0 Å². The van der Waals surface area contributed by atoms with Gasteiger partial charge in [-0.3, -0.25) is 9.59 Å². The Hall–Kier alpha value is -1.06. The van der Waals surface area contributed by atoms with Crippen molar-refractivity contribution in [2.24, 2.45) is 5.92 Å². The van der Waals surface area contributed by atoms with E-state index in [0.717, 1.165) is 38.5 Å². The molecule has 240 valence electrons. The lowest BCUT2D eigenvalue weighted by atomic mass is 9.94. The summed E-state index contributed by atoms with van der Waals surface area (Å²) in [5.74, 6) is -1.32. The van der Waals surface area contributed by atoms with Crippen molar-refractivity contribution in [2.45, 2.75) is 213 Å². The number of hydrogen-bond donors (Lipinski definition) is 2. The first-order valence-corrected chi connectivity index (χ1v) is 17.9. The van der Waals surface area contributed by atoms with Gasteiger partial charge in [-0.2, -0.15) is 0 Å². The minimum Gasteiger partial charge on any atom is -0.481 e. The highest BCUT2D eigenvalue weighted by Crippen LogP contribution is 2.20. The molecule has 0 aliphatic heterocycles. The van der Waals surface area contributed by atoms with E-state index in [9.17, 15) is 14.7 Å². The molecule has 0 bridgehead atoms. The lowest BCUT2D eigenvalue weighted by molar-refractivity contribution is -0.142. The van der Waals surface area contributed by atoms with E-state index in [4.69, 9.17) is 5.11 Å². The number of hydrogen-bond acceptors (Lipinski definition) is 2. The zero-order chi connectivity index (χ0) is 29.9. The van der Waals surface area contributed by atoms with Crippen molar-refractivity contribution in [2.75, 3.05) is 0 Å². The van der Waals surface area contributed by atoms with Gasteiger partial charge in [-0.15, -0.1) is 0 Å². The van der Waals surface area contributed by atoms with Crippen molar-refractivity contribution >= 4 is 11.9 Å². The highest BCUT2D eigenvalue weighted by atomic mass is 16.4. The maximum Gasteiger partial charge on any atom is 0.306 e. The van der Waals surface area contributed by atoms with Gasteiger partial charge in [0, 0.05) is 6.42 Å². The van der Waals surface area contributed by atoms with E-state index in [-0.39, 0.29) is 5.92 Å². The Morgan fingerprint density at radius 2 is 0.650 bits per heavy atom. The minimum atomic E-state index is -0.659. The quantitative estimate of drug-likeness (QED) is 0.0815. The van der Waals surface area contributed by atoms with E-state index < -0.39 is 11.9 Å². The average Bonchev–Trinajstić information content (AvgIpc) is 2.93. The number of carboxylic acid groups (broad SMARTS) is 2. The number of carboxylic acids is 2. The monoisotopic (exact) mass is 569 g/mol. The Bertz CT molecular complexity index is 505. The molecule has 0 radical (unpaired) electrons. The van der Waals surface area contributed by atoms with Gasteiger partial charge in [-0.05, 0) is 19.3 Å². The molecule has 0 amide bonds. The van der Waals surface area contributed by atoms with Gasteiger partial charge in [0.2, 0.25) is 0 Å². The molecule has 2 N–H and O–H groups in total. The Kier molecular flexibility index (Phi) is 36.9. The summed E-state index contributed by atoms with van der Waals surface area (Å²) >= 11 is 0. The molecular weight excluding hydrogens is 496 g/mol. The normalized spacial score (nSPS) is 11.7. The average molecular weight is 569 g/mol. The molecule has 0 rings (SSSR count). The van der Waals surface area contributed by atoms with Crippen LogP contribution in [0.3, 0.4) is 0 Å². The fraction of sp³-hybridized carbons (Fsp3) is 0.944. The Morgan fingerprint density at radius 3 is 0.900 bits per heavy atom. The van der Waals surface area contributed by atoms with Gasteiger partial charge >= 0.3 is 11.9 Å². The SMILES string of the molecule is CCCCCCCCCCCC(=O)O.CCCCCCCCCCCCC(CCCCCCCCCC)C(=O)O. The molecule has 0 saturated carbocycles. The molecule has 40 heavy (non-hydrogen) atoms. The molecule has 4 heteroatoms. The summed E-state index contributed by atoms with van der Waals surface area (Å²) in [5.41, 5.74) is 0. The van der Waals surface area contributed by atoms with Crippen LogP contribution in [0.25, 0.3) is 0 Å². The molecule has 4 nitrogen and oxygen atoms in total. The Labute approximate surface area is 250 Å². The van der Waals surface area contributed by atoms with Gasteiger partial charge in [-0.1, -0.05) is 188 Å². The molecule has 0 aromatic heterocycles. The Balaban J connectivity index is 0. The third kappa shape index (κ3) is 36.9. The summed E-state index contributed by atoms with van der Waals surface area (Å²) in [6.07, 6.45) is 36.8. The van der Waals surface area contributed by atoms with E-state index >= 15 is 0 Å². The summed E-state index contributed by atoms with van der Waals surface area (Å²) in [7, 11) is 0. The molecular formula is C36H72O4. The van der Waals surface area contributed by atoms with Gasteiger partial charge in [0.15, 0.2) is 0 Å². The standard InChI is InChI=1S/C24H48O2.C12H24O2/c1-3-5-7-9-11-13-14-16-18-20-22-23(24(25)26)21-19-17-15-12-10-8-6-4-2;1-2-3-4-5-6-7-8-9-10-11-12(13)14/h23H,3-22H2,1-2H3,(H,25,26);2-11H2,1H3,(H,13,14). The zero-order valence-corrected chi connectivity index (χ0v) is 27.5. The maximum atomic E-state index is 11.4. The van der Waals surface area contributed by atoms with E-state index in [1.165, 1.54) is 148 Å². The van der Waals surface area contributed by atoms with Crippen LogP contribution in [0.15, 0.2) is 0 Å². The second-order valence-corrected chi connectivity index (χ2v) is 12.2. The largest absolute Gasteiger partial charge is 0.481 e. The van der Waals surface area contributed by atoms with E-state index in [1.807, 2.05) is 0 Å². The van der Waals surface area contributed by atoms with Gasteiger partial charge < -0.3 is 10.2 Å². The molecule has 0 heterocycles. The van der Waals surface area contributed by atoms with Crippen LogP contribution in [-0.2, 0) is 9.59 Å². The number of aliphatic carboxylic acids is 2. The molecule has 1 atom stereocenters. The summed E-state index contributed by atoms with van der Waals surface area (Å²) in [5, 5.41) is 17.8. The smallest absolute Gasteiger partial charge is 0.306 e. The summed E-state index contributed by atoms with van der Waals surface area (Å²) in [4.78, 5) is 21.6. The van der Waals surface area contributed by atoms with E-state index in [0.29, 0.717) is 6.42 Å². The van der Waals surface area contributed by atoms with Gasteiger partial charge in [-0.25, -0.2) is 0 Å². The lowest BCUT2D eigenvalue weighted by Gasteiger charge is -2.12. The topological polar surface area (TPSA) is 74.6 Å². The molecule has 0 aromatic carbocycles. The van der Waals surface area contributed by atoms with E-state index in [1.54, 1.807) is 0 Å². The first-order valence-electron chi connectivity index (χ1n) is 17.9. The lowest BCUT2D eigenvalue weighted by Crippen LogP contribution is -2.13. The van der Waals surface area contributed by atoms with Crippen molar-refractivity contribution in [3.63, 3.8) is 0 Å². The van der Waals surface area contributed by atoms with Crippen LogP contribution < -0.4 is 0 Å². The predicted octanol–water partition coefficient (Wildman–Crippen LogP) is 12.5. The highest BCUT2D eigenvalue weighted by Gasteiger charge is 2.16. The van der Waals surface area contributed by atoms with Crippen LogP contribution in [0.5, 0.6) is 0 Å². The number of unbranched alkanes of at least 4 members (excludes halogenated alkanes) is 24. The molecule has 0 aliphatic rings. The summed E-state index contributed by atoms with van der Waals surface area (Å²) < 4.78 is 0. The summed E-state index contributed by atoms with van der Waals surface area (Å²) in [6, 6.07) is 0. The first-order chi connectivity index (χ1) is 19.5. The van der Waals surface area contributed by atoms with Crippen molar-refractivity contribution < 1.29 is 19.8 Å². The van der Waals surface area contributed by atoms with Crippen LogP contribution in [0.4, 0.5) is 0 Å². The fourth-order valence-corrected chi connectivity index (χ4v) is 5.38. The highest BCUT2D eigenvalue weighted by molar-refractivity contribution is 5.69. The predicted molar refractivity (Wildman–Crippen MR) is 174 cm³/mol. The van der Waals surface area contributed by atoms with Crippen LogP contribution in [0.1, 0.15) is 213 Å². The van der Waals surface area contributed by atoms with Gasteiger partial charge in [0.05, 0.1) is 5.92 Å². The Morgan fingerprint density at radius 1 is 0.400 bits per heavy atom. The molecule has 0 saturated heterocycles. The van der Waals surface area contributed by atoms with E-state index in [2.05, 4.69) is 20.8 Å². The molecule has 1 unspecified atom stereocenters. The van der Waals surface area contributed by atoms with Gasteiger partial charge in [0.25, 0.3) is 0 Å². The summed E-state index contributed by atoms with van der Waals surface area (Å²) in [6.45, 7) is 6.74. The van der Waals surface area contributed by atoms with Crippen molar-refractivity contribution in [3.05, 3.63) is 0 Å². The van der Waals surface area contributed by atoms with Crippen LogP contribution in [-0.4, -0.2) is 22.2 Å². The molecule has 0 aromatic rings. The molecule has 0 fully saturated rings. The number of rotatable bonds is 31. The molecule has 0 spiro atoms. The third-order valence-electron chi connectivity index (χ3n) is 8.16. The zero-order valence-electron chi connectivity index (χ0n) is 27.5. The number of carbonyl (C=O) groups is 2. The second-order valence-electron chi connectivity index (χ2n) is 12.2. The fourth-order valence-electron chi connectivity index (χ4n) is 5.38. The van der Waals surface area contributed by atoms with Crippen LogP contribution >= 0.6 is 0 Å².